The molecule has 0 aliphatic heterocycles. The second-order valence-electron chi connectivity index (χ2n) is 4.58. The van der Waals surface area contributed by atoms with Gasteiger partial charge in [-0.05, 0) is 50.1 Å². The number of hydrogen-bond acceptors (Lipinski definition) is 2. The molecule has 0 bridgehead atoms. The van der Waals surface area contributed by atoms with E-state index in [-0.39, 0.29) is 5.78 Å². The SMILES string of the molecule is CC(=O)Cc1ccc(-c2c(C)cc(C)cc2Br)o1. The Labute approximate surface area is 115 Å². The third kappa shape index (κ3) is 2.72. The quantitative estimate of drug-likeness (QED) is 0.838. The van der Waals surface area contributed by atoms with Gasteiger partial charge in [-0.3, -0.25) is 4.79 Å². The Morgan fingerprint density at radius 2 is 2.00 bits per heavy atom. The number of rotatable bonds is 3. The zero-order chi connectivity index (χ0) is 13.3. The Bertz CT molecular complexity index is 573. The van der Waals surface area contributed by atoms with Crippen LogP contribution in [0.15, 0.2) is 33.2 Å². The lowest BCUT2D eigenvalue weighted by Gasteiger charge is -2.07. The summed E-state index contributed by atoms with van der Waals surface area (Å²) < 4.78 is 6.75. The number of benzene rings is 1. The maximum Gasteiger partial charge on any atom is 0.137 e. The Kier molecular flexibility index (Phi) is 3.71. The first-order valence-electron chi connectivity index (χ1n) is 5.82. The van der Waals surface area contributed by atoms with E-state index in [2.05, 4.69) is 41.9 Å². The number of carbonyl (C=O) groups excluding carboxylic acids is 1. The molecule has 0 radical (unpaired) electrons. The van der Waals surface area contributed by atoms with Crippen molar-refractivity contribution in [1.82, 2.24) is 0 Å². The van der Waals surface area contributed by atoms with Gasteiger partial charge in [-0.25, -0.2) is 0 Å². The highest BCUT2D eigenvalue weighted by atomic mass is 79.9. The summed E-state index contributed by atoms with van der Waals surface area (Å²) in [6.07, 6.45) is 0.350. The maximum absolute atomic E-state index is 11.1. The number of Topliss-reactive ketones (excluding diaryl/α,β-unsaturated/α-hetero) is 1. The topological polar surface area (TPSA) is 30.2 Å². The minimum Gasteiger partial charge on any atom is -0.461 e. The summed E-state index contributed by atoms with van der Waals surface area (Å²) >= 11 is 3.57. The van der Waals surface area contributed by atoms with Crippen molar-refractivity contribution in [2.75, 3.05) is 0 Å². The van der Waals surface area contributed by atoms with Gasteiger partial charge in [0.2, 0.25) is 0 Å². The molecule has 3 heteroatoms. The van der Waals surface area contributed by atoms with Crippen LogP contribution in [0, 0.1) is 13.8 Å². The lowest BCUT2D eigenvalue weighted by molar-refractivity contribution is -0.116. The van der Waals surface area contributed by atoms with E-state index in [4.69, 9.17) is 4.42 Å². The zero-order valence-electron chi connectivity index (χ0n) is 10.7. The van der Waals surface area contributed by atoms with Crippen LogP contribution in [0.5, 0.6) is 0 Å². The van der Waals surface area contributed by atoms with Crippen LogP contribution in [0.4, 0.5) is 0 Å². The van der Waals surface area contributed by atoms with Gasteiger partial charge < -0.3 is 4.42 Å². The van der Waals surface area contributed by atoms with Gasteiger partial charge in [0.25, 0.3) is 0 Å². The van der Waals surface area contributed by atoms with Gasteiger partial charge in [0, 0.05) is 10.0 Å². The number of furan rings is 1. The highest BCUT2D eigenvalue weighted by Gasteiger charge is 2.12. The summed E-state index contributed by atoms with van der Waals surface area (Å²) in [4.78, 5) is 11.1. The van der Waals surface area contributed by atoms with E-state index < -0.39 is 0 Å². The standard InChI is InChI=1S/C15H15BrO2/c1-9-6-10(2)15(13(16)7-9)14-5-4-12(18-14)8-11(3)17/h4-7H,8H2,1-3H3. The predicted octanol–water partition coefficient (Wildman–Crippen LogP) is 4.46. The van der Waals surface area contributed by atoms with Gasteiger partial charge >= 0.3 is 0 Å². The molecule has 0 N–H and O–H groups in total. The van der Waals surface area contributed by atoms with Gasteiger partial charge in [-0.1, -0.05) is 22.0 Å². The number of aryl methyl sites for hydroxylation is 2. The van der Waals surface area contributed by atoms with Crippen molar-refractivity contribution < 1.29 is 9.21 Å². The smallest absolute Gasteiger partial charge is 0.137 e. The van der Waals surface area contributed by atoms with E-state index in [0.717, 1.165) is 21.4 Å². The van der Waals surface area contributed by atoms with E-state index in [1.807, 2.05) is 12.1 Å². The van der Waals surface area contributed by atoms with Crippen LogP contribution in [0.2, 0.25) is 0 Å². The van der Waals surface area contributed by atoms with Crippen molar-refractivity contribution in [3.05, 3.63) is 45.6 Å². The van der Waals surface area contributed by atoms with Crippen molar-refractivity contribution in [3.8, 4) is 11.3 Å². The molecule has 0 saturated carbocycles. The van der Waals surface area contributed by atoms with Crippen LogP contribution in [0.1, 0.15) is 23.8 Å². The highest BCUT2D eigenvalue weighted by Crippen LogP contribution is 2.33. The van der Waals surface area contributed by atoms with Crippen molar-refractivity contribution in [1.29, 1.82) is 0 Å². The second-order valence-corrected chi connectivity index (χ2v) is 5.44. The number of ketones is 1. The summed E-state index contributed by atoms with van der Waals surface area (Å²) in [7, 11) is 0. The molecule has 0 aliphatic carbocycles. The number of hydrogen-bond donors (Lipinski definition) is 0. The van der Waals surface area contributed by atoms with Gasteiger partial charge in [0.1, 0.15) is 17.3 Å². The third-order valence-electron chi connectivity index (χ3n) is 2.76. The molecule has 0 atom stereocenters. The summed E-state index contributed by atoms with van der Waals surface area (Å²) in [5.41, 5.74) is 3.42. The molecule has 1 heterocycles. The normalized spacial score (nSPS) is 10.7. The lowest BCUT2D eigenvalue weighted by Crippen LogP contribution is -1.93. The van der Waals surface area contributed by atoms with Gasteiger partial charge in [-0.15, -0.1) is 0 Å². The van der Waals surface area contributed by atoms with Crippen LogP contribution in [0.25, 0.3) is 11.3 Å². The van der Waals surface area contributed by atoms with Crippen molar-refractivity contribution in [2.24, 2.45) is 0 Å². The van der Waals surface area contributed by atoms with Gasteiger partial charge in [0.05, 0.1) is 6.42 Å². The van der Waals surface area contributed by atoms with E-state index >= 15 is 0 Å². The summed E-state index contributed by atoms with van der Waals surface area (Å²) in [6.45, 7) is 5.68. The molecule has 94 valence electrons. The molecule has 0 aliphatic rings. The largest absolute Gasteiger partial charge is 0.461 e. The minimum atomic E-state index is 0.107. The molecule has 0 fully saturated rings. The fraction of sp³-hybridized carbons (Fsp3) is 0.267. The molecule has 0 spiro atoms. The second kappa shape index (κ2) is 5.11. The average Bonchev–Trinajstić information content (AvgIpc) is 2.63. The molecule has 0 saturated heterocycles. The predicted molar refractivity (Wildman–Crippen MR) is 75.7 cm³/mol. The van der Waals surface area contributed by atoms with E-state index in [1.165, 1.54) is 5.56 Å². The Morgan fingerprint density at radius 3 is 2.61 bits per heavy atom. The minimum absolute atomic E-state index is 0.107. The average molecular weight is 307 g/mol. The molecule has 2 rings (SSSR count). The molecule has 2 nitrogen and oxygen atoms in total. The fourth-order valence-corrected chi connectivity index (χ4v) is 2.95. The molecule has 2 aromatic rings. The molecule has 1 aromatic heterocycles. The van der Waals surface area contributed by atoms with Crippen molar-refractivity contribution in [2.45, 2.75) is 27.2 Å². The summed E-state index contributed by atoms with van der Waals surface area (Å²) in [5, 5.41) is 0. The van der Waals surface area contributed by atoms with Crippen LogP contribution in [0.3, 0.4) is 0 Å². The maximum atomic E-state index is 11.1. The van der Waals surface area contributed by atoms with Crippen molar-refractivity contribution >= 4 is 21.7 Å². The van der Waals surface area contributed by atoms with Crippen LogP contribution < -0.4 is 0 Å². The first kappa shape index (κ1) is 13.1. The molecular weight excluding hydrogens is 292 g/mol. The monoisotopic (exact) mass is 306 g/mol. The molecule has 18 heavy (non-hydrogen) atoms. The Balaban J connectivity index is 2.43. The molecular formula is C15H15BrO2. The molecule has 1 aromatic carbocycles. The van der Waals surface area contributed by atoms with Crippen molar-refractivity contribution in [3.63, 3.8) is 0 Å². The third-order valence-corrected chi connectivity index (χ3v) is 3.39. The Morgan fingerprint density at radius 1 is 1.28 bits per heavy atom. The summed E-state index contributed by atoms with van der Waals surface area (Å²) in [6, 6.07) is 7.96. The van der Waals surface area contributed by atoms with E-state index in [0.29, 0.717) is 12.2 Å². The number of halogens is 1. The fourth-order valence-electron chi connectivity index (χ4n) is 2.08. The van der Waals surface area contributed by atoms with Crippen LogP contribution >= 0.6 is 15.9 Å². The van der Waals surface area contributed by atoms with Crippen LogP contribution in [-0.2, 0) is 11.2 Å². The van der Waals surface area contributed by atoms with E-state index in [9.17, 15) is 4.79 Å². The molecule has 0 unspecified atom stereocenters. The Hall–Kier alpha value is -1.35. The van der Waals surface area contributed by atoms with E-state index in [1.54, 1.807) is 6.92 Å². The molecule has 0 amide bonds. The lowest BCUT2D eigenvalue weighted by atomic mass is 10.0. The highest BCUT2D eigenvalue weighted by molar-refractivity contribution is 9.10. The zero-order valence-corrected chi connectivity index (χ0v) is 12.3. The number of carbonyl (C=O) groups is 1. The summed E-state index contributed by atoms with van der Waals surface area (Å²) in [5.74, 6) is 1.62. The first-order chi connectivity index (χ1) is 8.47. The van der Waals surface area contributed by atoms with Crippen LogP contribution in [-0.4, -0.2) is 5.78 Å². The van der Waals surface area contributed by atoms with Gasteiger partial charge in [0.15, 0.2) is 0 Å². The first-order valence-corrected chi connectivity index (χ1v) is 6.62. The van der Waals surface area contributed by atoms with Gasteiger partial charge in [-0.2, -0.15) is 0 Å².